The van der Waals surface area contributed by atoms with Crippen molar-refractivity contribution in [2.45, 2.75) is 0 Å². The Kier molecular flexibility index (Phi) is 5.81. The maximum atomic E-state index is 6.67. The molecule has 0 bridgehead atoms. The van der Waals surface area contributed by atoms with Gasteiger partial charge in [-0.25, -0.2) is 15.0 Å². The van der Waals surface area contributed by atoms with E-state index < -0.39 is 0 Å². The van der Waals surface area contributed by atoms with Gasteiger partial charge in [0.1, 0.15) is 22.3 Å². The number of fused-ring (bicyclic) bond motifs is 8. The molecule has 5 nitrogen and oxygen atoms in total. The van der Waals surface area contributed by atoms with Crippen LogP contribution in [0.3, 0.4) is 0 Å². The zero-order valence-corrected chi connectivity index (χ0v) is 25.6. The second-order valence-electron chi connectivity index (χ2n) is 12.0. The summed E-state index contributed by atoms with van der Waals surface area (Å²) in [6, 6.07) is 51.6. The summed E-state index contributed by atoms with van der Waals surface area (Å²) < 4.78 is 12.8. The zero-order chi connectivity index (χ0) is 31.6. The molecule has 0 saturated carbocycles. The van der Waals surface area contributed by atoms with Crippen LogP contribution in [0.25, 0.3) is 99.9 Å². The van der Waals surface area contributed by atoms with Crippen molar-refractivity contribution in [1.82, 2.24) is 15.0 Å². The number of furan rings is 2. The van der Waals surface area contributed by atoms with Crippen molar-refractivity contribution in [1.29, 1.82) is 0 Å². The van der Waals surface area contributed by atoms with Gasteiger partial charge in [-0.2, -0.15) is 0 Å². The Morgan fingerprint density at radius 2 is 0.979 bits per heavy atom. The van der Waals surface area contributed by atoms with Gasteiger partial charge in [-0.3, -0.25) is 0 Å². The van der Waals surface area contributed by atoms with Gasteiger partial charge in [0, 0.05) is 43.8 Å². The molecule has 0 saturated heterocycles. The summed E-state index contributed by atoms with van der Waals surface area (Å²) in [4.78, 5) is 14.9. The third-order valence-electron chi connectivity index (χ3n) is 9.13. The van der Waals surface area contributed by atoms with Crippen molar-refractivity contribution < 1.29 is 8.83 Å². The lowest BCUT2D eigenvalue weighted by molar-refractivity contribution is 0.669. The molecule has 0 aliphatic heterocycles. The smallest absolute Gasteiger partial charge is 0.164 e. The maximum Gasteiger partial charge on any atom is 0.164 e. The van der Waals surface area contributed by atoms with Crippen LogP contribution in [0.2, 0.25) is 0 Å². The van der Waals surface area contributed by atoms with Crippen LogP contribution in [0.5, 0.6) is 0 Å². The lowest BCUT2D eigenvalue weighted by Crippen LogP contribution is -2.00. The summed E-state index contributed by atoms with van der Waals surface area (Å²) in [7, 11) is 0. The van der Waals surface area contributed by atoms with E-state index in [9.17, 15) is 0 Å². The number of hydrogen-bond donors (Lipinski definition) is 0. The van der Waals surface area contributed by atoms with Crippen molar-refractivity contribution in [3.8, 4) is 45.3 Å². The van der Waals surface area contributed by atoms with Gasteiger partial charge in [0.05, 0.1) is 0 Å². The van der Waals surface area contributed by atoms with Gasteiger partial charge in [0.2, 0.25) is 0 Å². The van der Waals surface area contributed by atoms with Crippen LogP contribution in [-0.4, -0.2) is 15.0 Å². The molecule has 3 aromatic heterocycles. The third-order valence-corrected chi connectivity index (χ3v) is 9.13. The van der Waals surface area contributed by atoms with Gasteiger partial charge in [-0.05, 0) is 40.6 Å². The molecule has 0 fully saturated rings. The van der Waals surface area contributed by atoms with Crippen LogP contribution in [0.15, 0.2) is 160 Å². The molecule has 0 atom stereocenters. The van der Waals surface area contributed by atoms with Gasteiger partial charge in [0.25, 0.3) is 0 Å². The Hall–Kier alpha value is -6.59. The minimum absolute atomic E-state index is 0.600. The lowest BCUT2D eigenvalue weighted by atomic mass is 9.96. The fraction of sp³-hybridized carbons (Fsp3) is 0. The van der Waals surface area contributed by atoms with E-state index in [1.54, 1.807) is 0 Å². The van der Waals surface area contributed by atoms with Gasteiger partial charge in [-0.1, -0.05) is 127 Å². The van der Waals surface area contributed by atoms with E-state index in [2.05, 4.69) is 66.7 Å². The summed E-state index contributed by atoms with van der Waals surface area (Å²) >= 11 is 0. The third kappa shape index (κ3) is 4.15. The number of para-hydroxylation sites is 2. The normalized spacial score (nSPS) is 11.8. The molecule has 7 aromatic carbocycles. The van der Waals surface area contributed by atoms with Crippen LogP contribution in [0, 0.1) is 0 Å². The Bertz CT molecular complexity index is 2780. The highest BCUT2D eigenvalue weighted by Crippen LogP contribution is 2.42. The van der Waals surface area contributed by atoms with Gasteiger partial charge < -0.3 is 8.83 Å². The predicted molar refractivity (Wildman–Crippen MR) is 194 cm³/mol. The number of nitrogens with zero attached hydrogens (tertiary/aromatic N) is 3. The molecule has 0 spiro atoms. The molecule has 48 heavy (non-hydrogen) atoms. The second-order valence-corrected chi connectivity index (χ2v) is 12.0. The largest absolute Gasteiger partial charge is 0.456 e. The molecule has 0 aliphatic carbocycles. The topological polar surface area (TPSA) is 65.0 Å². The zero-order valence-electron chi connectivity index (χ0n) is 25.6. The SMILES string of the molecule is c1ccc(-c2nc(-c3ccccc3)nc(-c3cccc4oc5c(-c6ccc7c(ccc8oc9ccccc9c87)c6)cccc5c34)n2)cc1. The average Bonchev–Trinajstić information content (AvgIpc) is 3.74. The van der Waals surface area contributed by atoms with Gasteiger partial charge >= 0.3 is 0 Å². The standard InChI is InChI=1S/C43H25N3O2/c1-3-11-26(12-4-1)41-44-42(27-13-5-2-6-14-27)46-43(45-41)34-18-10-20-36-39(34)33-17-9-16-31(40(33)48-36)29-21-23-30-28(25-29)22-24-37-38(30)32-15-7-8-19-35(32)47-37/h1-25H. The highest BCUT2D eigenvalue weighted by Gasteiger charge is 2.20. The summed E-state index contributed by atoms with van der Waals surface area (Å²) in [6.45, 7) is 0. The highest BCUT2D eigenvalue weighted by atomic mass is 16.3. The summed E-state index contributed by atoms with van der Waals surface area (Å²) in [5.41, 5.74) is 8.28. The molecule has 224 valence electrons. The van der Waals surface area contributed by atoms with Crippen molar-refractivity contribution in [2.24, 2.45) is 0 Å². The molecular weight excluding hydrogens is 590 g/mol. The number of rotatable bonds is 4. The number of benzene rings is 7. The molecule has 0 unspecified atom stereocenters. The second kappa shape index (κ2) is 10.5. The van der Waals surface area contributed by atoms with E-state index in [1.807, 2.05) is 84.9 Å². The van der Waals surface area contributed by atoms with E-state index in [0.29, 0.717) is 17.5 Å². The first-order chi connectivity index (χ1) is 23.8. The Balaban J connectivity index is 1.17. The van der Waals surface area contributed by atoms with Gasteiger partial charge in [-0.15, -0.1) is 0 Å². The molecule has 5 heteroatoms. The molecule has 0 radical (unpaired) electrons. The molecule has 0 aliphatic rings. The first kappa shape index (κ1) is 26.6. The van der Waals surface area contributed by atoms with Crippen molar-refractivity contribution >= 4 is 54.6 Å². The van der Waals surface area contributed by atoms with Crippen LogP contribution >= 0.6 is 0 Å². The Morgan fingerprint density at radius 1 is 0.354 bits per heavy atom. The van der Waals surface area contributed by atoms with Crippen LogP contribution < -0.4 is 0 Å². The van der Waals surface area contributed by atoms with E-state index in [0.717, 1.165) is 77.1 Å². The lowest BCUT2D eigenvalue weighted by Gasteiger charge is -2.09. The van der Waals surface area contributed by atoms with E-state index in [1.165, 1.54) is 5.39 Å². The highest BCUT2D eigenvalue weighted by molar-refractivity contribution is 6.20. The Labute approximate surface area is 274 Å². The quantitative estimate of drug-likeness (QED) is 0.197. The molecular formula is C43H25N3O2. The number of hydrogen-bond acceptors (Lipinski definition) is 5. The summed E-state index contributed by atoms with van der Waals surface area (Å²) in [5, 5.41) is 6.57. The van der Waals surface area contributed by atoms with Crippen molar-refractivity contribution in [3.05, 3.63) is 152 Å². The first-order valence-electron chi connectivity index (χ1n) is 15.9. The van der Waals surface area contributed by atoms with Crippen LogP contribution in [0.1, 0.15) is 0 Å². The minimum Gasteiger partial charge on any atom is -0.456 e. The fourth-order valence-corrected chi connectivity index (χ4v) is 6.91. The summed E-state index contributed by atoms with van der Waals surface area (Å²) in [5.74, 6) is 1.85. The fourth-order valence-electron chi connectivity index (χ4n) is 6.91. The monoisotopic (exact) mass is 615 g/mol. The molecule has 10 rings (SSSR count). The molecule has 0 amide bonds. The molecule has 0 N–H and O–H groups in total. The van der Waals surface area contributed by atoms with E-state index in [-0.39, 0.29) is 0 Å². The van der Waals surface area contributed by atoms with E-state index in [4.69, 9.17) is 23.8 Å². The Morgan fingerprint density at radius 3 is 1.77 bits per heavy atom. The predicted octanol–water partition coefficient (Wildman–Crippen LogP) is 11.5. The minimum atomic E-state index is 0.600. The first-order valence-corrected chi connectivity index (χ1v) is 15.9. The van der Waals surface area contributed by atoms with Crippen LogP contribution in [-0.2, 0) is 0 Å². The molecule has 3 heterocycles. The van der Waals surface area contributed by atoms with Crippen molar-refractivity contribution in [2.75, 3.05) is 0 Å². The average molecular weight is 616 g/mol. The summed E-state index contributed by atoms with van der Waals surface area (Å²) in [6.07, 6.45) is 0. The van der Waals surface area contributed by atoms with Crippen molar-refractivity contribution in [3.63, 3.8) is 0 Å². The maximum absolute atomic E-state index is 6.67. The van der Waals surface area contributed by atoms with Crippen LogP contribution in [0.4, 0.5) is 0 Å². The van der Waals surface area contributed by atoms with Gasteiger partial charge in [0.15, 0.2) is 17.5 Å². The number of aromatic nitrogens is 3. The van der Waals surface area contributed by atoms with E-state index >= 15 is 0 Å². The molecule has 10 aromatic rings.